The molecular formula is C32H33N3O7. The van der Waals surface area contributed by atoms with E-state index in [1.165, 1.54) is 10.6 Å². The van der Waals surface area contributed by atoms with Gasteiger partial charge in [0, 0.05) is 10.8 Å². The molecule has 0 radical (unpaired) electrons. The molecule has 0 aliphatic rings. The Morgan fingerprint density at radius 1 is 0.833 bits per heavy atom. The summed E-state index contributed by atoms with van der Waals surface area (Å²) in [6, 6.07) is 21.2. The maximum atomic E-state index is 13.5. The molecule has 218 valence electrons. The van der Waals surface area contributed by atoms with Gasteiger partial charge in [0.25, 0.3) is 0 Å². The van der Waals surface area contributed by atoms with Gasteiger partial charge < -0.3 is 14.6 Å². The van der Waals surface area contributed by atoms with Crippen LogP contribution in [0.5, 0.6) is 11.5 Å². The lowest BCUT2D eigenvalue weighted by molar-refractivity contribution is -0.300. The van der Waals surface area contributed by atoms with Gasteiger partial charge in [0.1, 0.15) is 35.0 Å². The number of rotatable bonds is 5. The monoisotopic (exact) mass is 571 g/mol. The van der Waals surface area contributed by atoms with E-state index < -0.39 is 23.4 Å². The Bertz CT molecular complexity index is 1770. The quantitative estimate of drug-likeness (QED) is 0.171. The second kappa shape index (κ2) is 10.9. The van der Waals surface area contributed by atoms with E-state index in [-0.39, 0.29) is 5.75 Å². The molecule has 42 heavy (non-hydrogen) atoms. The number of nitrogens with zero attached hydrogens (tertiary/aromatic N) is 3. The van der Waals surface area contributed by atoms with E-state index in [1.807, 2.05) is 30.3 Å². The molecule has 0 aliphatic carbocycles. The zero-order chi connectivity index (χ0) is 30.2. The van der Waals surface area contributed by atoms with Crippen LogP contribution in [-0.2, 0) is 21.1 Å². The van der Waals surface area contributed by atoms with Gasteiger partial charge in [0.2, 0.25) is 0 Å². The third-order valence-corrected chi connectivity index (χ3v) is 6.04. The van der Waals surface area contributed by atoms with Crippen molar-refractivity contribution in [2.75, 3.05) is 0 Å². The second-order valence-electron chi connectivity index (χ2n) is 11.8. The van der Waals surface area contributed by atoms with Gasteiger partial charge in [0.15, 0.2) is 0 Å². The molecule has 0 saturated carbocycles. The summed E-state index contributed by atoms with van der Waals surface area (Å²) in [7, 11) is 0. The Morgan fingerprint density at radius 2 is 1.55 bits per heavy atom. The summed E-state index contributed by atoms with van der Waals surface area (Å²) in [6.07, 6.45) is -1.51. The predicted molar refractivity (Wildman–Crippen MR) is 157 cm³/mol. The van der Waals surface area contributed by atoms with E-state index in [0.29, 0.717) is 45.6 Å². The van der Waals surface area contributed by atoms with Crippen LogP contribution >= 0.6 is 0 Å². The van der Waals surface area contributed by atoms with Crippen LogP contribution in [0, 0.1) is 0 Å². The SMILES string of the molecule is CC(C)(C)OOC(=O)n1nc(-c2cc3cc(O)ccc3n2C(=O)OC(C)(C)C)c2cc(OCc3ccccc3)ccc21. The molecule has 0 amide bonds. The molecule has 10 nitrogen and oxygen atoms in total. The summed E-state index contributed by atoms with van der Waals surface area (Å²) in [4.78, 5) is 37.1. The fraction of sp³-hybridized carbons (Fsp3) is 0.281. The molecule has 0 unspecified atom stereocenters. The van der Waals surface area contributed by atoms with Crippen LogP contribution in [0.15, 0.2) is 72.8 Å². The molecular weight excluding hydrogens is 538 g/mol. The minimum atomic E-state index is -0.864. The standard InChI is InChI=1S/C32H33N3O7/c1-31(2,3)40-29(37)34-25-14-12-22(36)16-21(25)17-27(34)28-24-18-23(39-19-20-10-8-7-9-11-20)13-15-26(24)35(33-28)30(38)41-42-32(4,5)6/h7-18,36H,19H2,1-6H3. The van der Waals surface area contributed by atoms with Gasteiger partial charge in [-0.15, -0.1) is 0 Å². The fourth-order valence-corrected chi connectivity index (χ4v) is 4.33. The summed E-state index contributed by atoms with van der Waals surface area (Å²) in [5.74, 6) is 0.564. The topological polar surface area (TPSA) is 114 Å². The van der Waals surface area contributed by atoms with Gasteiger partial charge >= 0.3 is 12.2 Å². The van der Waals surface area contributed by atoms with E-state index in [4.69, 9.17) is 19.2 Å². The lowest BCUT2D eigenvalue weighted by atomic mass is 10.1. The van der Waals surface area contributed by atoms with Gasteiger partial charge in [-0.25, -0.2) is 14.2 Å². The average Bonchev–Trinajstić information content (AvgIpc) is 3.47. The molecule has 2 aromatic heterocycles. The van der Waals surface area contributed by atoms with Crippen LogP contribution in [0.1, 0.15) is 47.1 Å². The molecule has 0 fully saturated rings. The van der Waals surface area contributed by atoms with Crippen molar-refractivity contribution < 1.29 is 33.9 Å². The number of hydrogen-bond acceptors (Lipinski definition) is 8. The van der Waals surface area contributed by atoms with Crippen LogP contribution in [0.2, 0.25) is 0 Å². The maximum Gasteiger partial charge on any atom is 0.466 e. The third kappa shape index (κ3) is 6.23. The van der Waals surface area contributed by atoms with Crippen molar-refractivity contribution in [3.63, 3.8) is 0 Å². The van der Waals surface area contributed by atoms with Crippen molar-refractivity contribution in [2.24, 2.45) is 0 Å². The number of phenols is 1. The minimum Gasteiger partial charge on any atom is -0.508 e. The van der Waals surface area contributed by atoms with Crippen molar-refractivity contribution in [3.8, 4) is 22.9 Å². The number of hydrogen-bond donors (Lipinski definition) is 1. The molecule has 0 spiro atoms. The highest BCUT2D eigenvalue weighted by atomic mass is 17.2. The molecule has 5 aromatic rings. The Hall–Kier alpha value is -4.83. The summed E-state index contributed by atoms with van der Waals surface area (Å²) < 4.78 is 14.2. The number of benzene rings is 3. The molecule has 5 rings (SSSR count). The lowest BCUT2D eigenvalue weighted by Crippen LogP contribution is -2.27. The van der Waals surface area contributed by atoms with E-state index in [9.17, 15) is 14.7 Å². The normalized spacial score (nSPS) is 12.0. The van der Waals surface area contributed by atoms with E-state index >= 15 is 0 Å². The first kappa shape index (κ1) is 28.7. The number of phenolic OH excluding ortho intramolecular Hbond substituents is 1. The first-order valence-electron chi connectivity index (χ1n) is 13.5. The zero-order valence-electron chi connectivity index (χ0n) is 24.4. The van der Waals surface area contributed by atoms with E-state index in [1.54, 1.807) is 77.9 Å². The van der Waals surface area contributed by atoms with Crippen molar-refractivity contribution in [1.82, 2.24) is 14.3 Å². The Balaban J connectivity index is 1.67. The number of carbonyl (C=O) groups is 2. The van der Waals surface area contributed by atoms with Crippen molar-refractivity contribution in [2.45, 2.75) is 59.4 Å². The molecule has 1 N–H and O–H groups in total. The summed E-state index contributed by atoms with van der Waals surface area (Å²) in [6.45, 7) is 10.9. The largest absolute Gasteiger partial charge is 0.508 e. The van der Waals surface area contributed by atoms with Gasteiger partial charge in [-0.1, -0.05) is 30.3 Å². The zero-order valence-corrected chi connectivity index (χ0v) is 24.4. The lowest BCUT2D eigenvalue weighted by Gasteiger charge is -2.20. The van der Waals surface area contributed by atoms with Gasteiger partial charge in [-0.2, -0.15) is 14.7 Å². The van der Waals surface area contributed by atoms with E-state index in [2.05, 4.69) is 5.10 Å². The first-order chi connectivity index (χ1) is 19.8. The summed E-state index contributed by atoms with van der Waals surface area (Å²) in [5, 5.41) is 15.8. The van der Waals surface area contributed by atoms with Crippen molar-refractivity contribution >= 4 is 34.0 Å². The highest BCUT2D eigenvalue weighted by Crippen LogP contribution is 2.36. The first-order valence-corrected chi connectivity index (χ1v) is 13.5. The van der Waals surface area contributed by atoms with Crippen LogP contribution in [0.25, 0.3) is 33.2 Å². The number of fused-ring (bicyclic) bond motifs is 2. The Morgan fingerprint density at radius 3 is 2.24 bits per heavy atom. The predicted octanol–water partition coefficient (Wildman–Crippen LogP) is 7.44. The third-order valence-electron chi connectivity index (χ3n) is 6.04. The smallest absolute Gasteiger partial charge is 0.466 e. The van der Waals surface area contributed by atoms with Gasteiger partial charge in [0.05, 0.1) is 16.7 Å². The van der Waals surface area contributed by atoms with Crippen molar-refractivity contribution in [1.29, 1.82) is 0 Å². The van der Waals surface area contributed by atoms with Crippen LogP contribution in [-0.4, -0.2) is 42.8 Å². The highest BCUT2D eigenvalue weighted by molar-refractivity contribution is 6.03. The molecule has 0 aliphatic heterocycles. The molecule has 0 saturated heterocycles. The van der Waals surface area contributed by atoms with Gasteiger partial charge in [-0.05, 0) is 89.6 Å². The fourth-order valence-electron chi connectivity index (χ4n) is 4.33. The number of aromatic nitrogens is 3. The Labute approximate surface area is 242 Å². The van der Waals surface area contributed by atoms with Gasteiger partial charge in [-0.3, -0.25) is 4.89 Å². The maximum absolute atomic E-state index is 13.5. The highest BCUT2D eigenvalue weighted by Gasteiger charge is 2.28. The van der Waals surface area contributed by atoms with Crippen LogP contribution in [0.4, 0.5) is 9.59 Å². The molecule has 0 bridgehead atoms. The average molecular weight is 572 g/mol. The second-order valence-corrected chi connectivity index (χ2v) is 11.8. The molecule has 2 heterocycles. The van der Waals surface area contributed by atoms with E-state index in [0.717, 1.165) is 10.2 Å². The number of ether oxygens (including phenoxy) is 2. The van der Waals surface area contributed by atoms with Crippen LogP contribution < -0.4 is 4.74 Å². The Kier molecular flexibility index (Phi) is 7.42. The molecule has 0 atom stereocenters. The number of aromatic hydroxyl groups is 1. The molecule has 10 heteroatoms. The summed E-state index contributed by atoms with van der Waals surface area (Å²) >= 11 is 0. The minimum absolute atomic E-state index is 0.0327. The number of carbonyl (C=O) groups excluding carboxylic acids is 2. The molecule has 3 aromatic carbocycles. The van der Waals surface area contributed by atoms with Crippen molar-refractivity contribution in [3.05, 3.63) is 78.4 Å². The summed E-state index contributed by atoms with van der Waals surface area (Å²) in [5.41, 5.74) is 1.00. The van der Waals surface area contributed by atoms with Crippen LogP contribution in [0.3, 0.4) is 0 Å².